The first-order chi connectivity index (χ1) is 11.3. The lowest BCUT2D eigenvalue weighted by atomic mass is 10.2. The van der Waals surface area contributed by atoms with E-state index in [4.69, 9.17) is 21.4 Å². The maximum absolute atomic E-state index is 12.4. The number of carboxylic acid groups (broad SMARTS) is 1. The normalized spacial score (nSPS) is 10.5. The van der Waals surface area contributed by atoms with Gasteiger partial charge in [0.05, 0.1) is 29.6 Å². The van der Waals surface area contributed by atoms with E-state index in [-0.39, 0.29) is 27.9 Å². The first-order valence-electron chi connectivity index (χ1n) is 7.08. The lowest BCUT2D eigenvalue weighted by Crippen LogP contribution is -2.17. The number of carbonyl (C=O) groups is 2. The minimum Gasteiger partial charge on any atom is -0.495 e. The first-order valence-corrected chi connectivity index (χ1v) is 7.46. The Hall–Kier alpha value is -2.67. The summed E-state index contributed by atoms with van der Waals surface area (Å²) in [5, 5.41) is 11.7. The van der Waals surface area contributed by atoms with Crippen LogP contribution in [0.1, 0.15) is 46.4 Å². The predicted octanol–water partition coefficient (Wildman–Crippen LogP) is 3.21. The number of hydrogen-bond acceptors (Lipinski definition) is 5. The molecule has 1 heterocycles. The van der Waals surface area contributed by atoms with E-state index in [1.54, 1.807) is 0 Å². The maximum atomic E-state index is 12.4. The Morgan fingerprint density at radius 2 is 2.04 bits per heavy atom. The van der Waals surface area contributed by atoms with Crippen LogP contribution in [0, 0.1) is 0 Å². The summed E-state index contributed by atoms with van der Waals surface area (Å²) in [6.07, 6.45) is 1.38. The molecule has 0 unspecified atom stereocenters. The van der Waals surface area contributed by atoms with Gasteiger partial charge >= 0.3 is 5.97 Å². The number of hydrogen-bond donors (Lipinski definition) is 2. The quantitative estimate of drug-likeness (QED) is 0.859. The third kappa shape index (κ3) is 3.80. The molecule has 0 saturated heterocycles. The standard InChI is InChI=1S/C16H16ClN3O4/c1-8(2)14-18-7-10(17)13(20-14)15(21)19-11-5-4-9(16(22)23)6-12(11)24-3/h4-8H,1-3H3,(H,19,21)(H,22,23). The number of methoxy groups -OCH3 is 1. The first kappa shape index (κ1) is 17.7. The third-order valence-corrected chi connectivity index (χ3v) is 3.47. The van der Waals surface area contributed by atoms with E-state index in [0.717, 1.165) is 0 Å². The zero-order valence-electron chi connectivity index (χ0n) is 13.3. The van der Waals surface area contributed by atoms with Crippen molar-refractivity contribution >= 4 is 29.2 Å². The number of anilines is 1. The summed E-state index contributed by atoms with van der Waals surface area (Å²) in [6, 6.07) is 4.12. The monoisotopic (exact) mass is 349 g/mol. The Morgan fingerprint density at radius 3 is 2.62 bits per heavy atom. The number of carbonyl (C=O) groups excluding carboxylic acids is 1. The van der Waals surface area contributed by atoms with Gasteiger partial charge in [0.15, 0.2) is 5.69 Å². The molecule has 2 rings (SSSR count). The molecule has 1 aromatic carbocycles. The van der Waals surface area contributed by atoms with Gasteiger partial charge in [-0.05, 0) is 18.2 Å². The van der Waals surface area contributed by atoms with Crippen molar-refractivity contribution in [3.63, 3.8) is 0 Å². The highest BCUT2D eigenvalue weighted by atomic mass is 35.5. The lowest BCUT2D eigenvalue weighted by Gasteiger charge is -2.12. The molecule has 0 spiro atoms. The molecule has 2 aromatic rings. The van der Waals surface area contributed by atoms with E-state index in [1.165, 1.54) is 31.5 Å². The van der Waals surface area contributed by atoms with Gasteiger partial charge in [0.25, 0.3) is 5.91 Å². The highest BCUT2D eigenvalue weighted by molar-refractivity contribution is 6.34. The number of amides is 1. The van der Waals surface area contributed by atoms with E-state index < -0.39 is 11.9 Å². The van der Waals surface area contributed by atoms with Crippen molar-refractivity contribution in [3.8, 4) is 5.75 Å². The van der Waals surface area contributed by atoms with Crippen molar-refractivity contribution in [2.45, 2.75) is 19.8 Å². The molecule has 126 valence electrons. The summed E-state index contributed by atoms with van der Waals surface area (Å²) in [7, 11) is 1.38. The molecule has 1 aromatic heterocycles. The van der Waals surface area contributed by atoms with Gasteiger partial charge in [0.2, 0.25) is 0 Å². The zero-order chi connectivity index (χ0) is 17.9. The molecule has 1 amide bonds. The number of carboxylic acids is 1. The van der Waals surface area contributed by atoms with Gasteiger partial charge in [-0.15, -0.1) is 0 Å². The van der Waals surface area contributed by atoms with Crippen LogP contribution in [-0.2, 0) is 0 Å². The summed E-state index contributed by atoms with van der Waals surface area (Å²) in [4.78, 5) is 31.7. The molecule has 7 nitrogen and oxygen atoms in total. The Labute approximate surface area is 143 Å². The molecule has 24 heavy (non-hydrogen) atoms. The fourth-order valence-corrected chi connectivity index (χ4v) is 2.10. The molecule has 0 radical (unpaired) electrons. The summed E-state index contributed by atoms with van der Waals surface area (Å²) in [5.74, 6) is -0.870. The second-order valence-electron chi connectivity index (χ2n) is 5.25. The molecule has 0 fully saturated rings. The average Bonchev–Trinajstić information content (AvgIpc) is 2.54. The molecule has 0 bridgehead atoms. The van der Waals surface area contributed by atoms with Crippen LogP contribution in [0.5, 0.6) is 5.75 Å². The number of benzene rings is 1. The number of ether oxygens (including phenoxy) is 1. The van der Waals surface area contributed by atoms with Crippen LogP contribution < -0.4 is 10.1 Å². The molecule has 2 N–H and O–H groups in total. The van der Waals surface area contributed by atoms with Crippen LogP contribution in [0.4, 0.5) is 5.69 Å². The average molecular weight is 350 g/mol. The van der Waals surface area contributed by atoms with Crippen LogP contribution in [0.2, 0.25) is 5.02 Å². The van der Waals surface area contributed by atoms with Crippen LogP contribution in [0.3, 0.4) is 0 Å². The van der Waals surface area contributed by atoms with Crippen LogP contribution in [0.25, 0.3) is 0 Å². The smallest absolute Gasteiger partial charge is 0.335 e. The van der Waals surface area contributed by atoms with Crippen molar-refractivity contribution in [2.24, 2.45) is 0 Å². The number of aromatic carboxylic acids is 1. The number of nitrogens with one attached hydrogen (secondary N) is 1. The Balaban J connectivity index is 2.33. The van der Waals surface area contributed by atoms with Crippen molar-refractivity contribution in [3.05, 3.63) is 46.5 Å². The van der Waals surface area contributed by atoms with Crippen molar-refractivity contribution < 1.29 is 19.4 Å². The van der Waals surface area contributed by atoms with E-state index >= 15 is 0 Å². The number of halogens is 1. The van der Waals surface area contributed by atoms with Gasteiger partial charge in [-0.25, -0.2) is 14.8 Å². The van der Waals surface area contributed by atoms with E-state index in [1.807, 2.05) is 13.8 Å². The van der Waals surface area contributed by atoms with Gasteiger partial charge in [0, 0.05) is 5.92 Å². The van der Waals surface area contributed by atoms with E-state index in [2.05, 4.69) is 15.3 Å². The maximum Gasteiger partial charge on any atom is 0.335 e. The lowest BCUT2D eigenvalue weighted by molar-refractivity contribution is 0.0696. The van der Waals surface area contributed by atoms with Gasteiger partial charge in [0.1, 0.15) is 11.6 Å². The molecule has 0 saturated carbocycles. The third-order valence-electron chi connectivity index (χ3n) is 3.19. The van der Waals surface area contributed by atoms with Gasteiger partial charge in [-0.2, -0.15) is 0 Å². The van der Waals surface area contributed by atoms with E-state index in [9.17, 15) is 9.59 Å². The molecule has 0 aliphatic rings. The van der Waals surface area contributed by atoms with E-state index in [0.29, 0.717) is 11.5 Å². The minimum absolute atomic E-state index is 0.0400. The largest absolute Gasteiger partial charge is 0.495 e. The second-order valence-corrected chi connectivity index (χ2v) is 5.66. The Morgan fingerprint density at radius 1 is 1.33 bits per heavy atom. The second kappa shape index (κ2) is 7.27. The van der Waals surface area contributed by atoms with Crippen LogP contribution in [-0.4, -0.2) is 34.1 Å². The van der Waals surface area contributed by atoms with Crippen molar-refractivity contribution in [2.75, 3.05) is 12.4 Å². The van der Waals surface area contributed by atoms with Gasteiger partial charge in [-0.3, -0.25) is 4.79 Å². The van der Waals surface area contributed by atoms with Gasteiger partial charge < -0.3 is 15.2 Å². The molecule has 8 heteroatoms. The van der Waals surface area contributed by atoms with Crippen molar-refractivity contribution in [1.29, 1.82) is 0 Å². The fourth-order valence-electron chi connectivity index (χ4n) is 1.93. The summed E-state index contributed by atoms with van der Waals surface area (Å²) >= 11 is 6.01. The fraction of sp³-hybridized carbons (Fsp3) is 0.250. The molecular weight excluding hydrogens is 334 g/mol. The molecule has 0 atom stereocenters. The number of aromatic nitrogens is 2. The van der Waals surface area contributed by atoms with Crippen molar-refractivity contribution in [1.82, 2.24) is 9.97 Å². The summed E-state index contributed by atoms with van der Waals surface area (Å²) < 4.78 is 5.12. The highest BCUT2D eigenvalue weighted by Gasteiger charge is 2.18. The summed E-state index contributed by atoms with van der Waals surface area (Å²) in [5.41, 5.74) is 0.403. The van der Waals surface area contributed by atoms with Crippen LogP contribution in [0.15, 0.2) is 24.4 Å². The highest BCUT2D eigenvalue weighted by Crippen LogP contribution is 2.27. The topological polar surface area (TPSA) is 101 Å². The Kier molecular flexibility index (Phi) is 5.35. The number of rotatable bonds is 5. The van der Waals surface area contributed by atoms with Gasteiger partial charge in [-0.1, -0.05) is 25.4 Å². The predicted molar refractivity (Wildman–Crippen MR) is 89.0 cm³/mol. The SMILES string of the molecule is COc1cc(C(=O)O)ccc1NC(=O)c1nc(C(C)C)ncc1Cl. The molecule has 0 aliphatic heterocycles. The minimum atomic E-state index is -1.09. The zero-order valence-corrected chi connectivity index (χ0v) is 14.1. The number of nitrogens with zero attached hydrogens (tertiary/aromatic N) is 2. The molecule has 0 aliphatic carbocycles. The summed E-state index contributed by atoms with van der Waals surface area (Å²) in [6.45, 7) is 3.80. The molecular formula is C16H16ClN3O4. The van der Waals surface area contributed by atoms with Crippen LogP contribution >= 0.6 is 11.6 Å². The Bertz CT molecular complexity index is 793.